The molecular formula is C24H24N6O2. The Hall–Kier alpha value is -3.78. The van der Waals surface area contributed by atoms with Crippen molar-refractivity contribution in [1.82, 2.24) is 19.9 Å². The molecule has 5 rings (SSSR count). The first-order valence-corrected chi connectivity index (χ1v) is 10.6. The number of pyridine rings is 2. The number of hydrogen-bond donors (Lipinski definition) is 2. The highest BCUT2D eigenvalue weighted by Crippen LogP contribution is 2.36. The Morgan fingerprint density at radius 3 is 2.81 bits per heavy atom. The number of fused-ring (bicyclic) bond motifs is 1. The van der Waals surface area contributed by atoms with Gasteiger partial charge in [0.05, 0.1) is 30.4 Å². The third kappa shape index (κ3) is 3.92. The summed E-state index contributed by atoms with van der Waals surface area (Å²) in [6.07, 6.45) is 6.08. The van der Waals surface area contributed by atoms with Crippen LogP contribution in [-0.2, 0) is 0 Å². The average Bonchev–Trinajstić information content (AvgIpc) is 3.33. The summed E-state index contributed by atoms with van der Waals surface area (Å²) in [6.45, 7) is 1.73. The predicted octanol–water partition coefficient (Wildman–Crippen LogP) is 3.66. The molecule has 1 unspecified atom stereocenters. The van der Waals surface area contributed by atoms with Crippen LogP contribution in [0.25, 0.3) is 22.3 Å². The minimum absolute atomic E-state index is 0.171. The first-order valence-electron chi connectivity index (χ1n) is 10.6. The lowest BCUT2D eigenvalue weighted by atomic mass is 10.1. The van der Waals surface area contributed by atoms with Crippen molar-refractivity contribution in [3.63, 3.8) is 0 Å². The van der Waals surface area contributed by atoms with Crippen LogP contribution in [0.5, 0.6) is 5.75 Å². The van der Waals surface area contributed by atoms with Gasteiger partial charge in [-0.1, -0.05) is 18.2 Å². The van der Waals surface area contributed by atoms with Gasteiger partial charge < -0.3 is 20.1 Å². The van der Waals surface area contributed by atoms with Gasteiger partial charge in [0, 0.05) is 43.1 Å². The van der Waals surface area contributed by atoms with E-state index >= 15 is 0 Å². The number of nitrogens with zero attached hydrogens (tertiary/aromatic N) is 5. The molecule has 0 radical (unpaired) electrons. The zero-order chi connectivity index (χ0) is 21.9. The summed E-state index contributed by atoms with van der Waals surface area (Å²) in [7, 11) is 1.62. The summed E-state index contributed by atoms with van der Waals surface area (Å²) >= 11 is 0. The van der Waals surface area contributed by atoms with Gasteiger partial charge >= 0.3 is 0 Å². The predicted molar refractivity (Wildman–Crippen MR) is 124 cm³/mol. The fourth-order valence-electron chi connectivity index (χ4n) is 4.03. The van der Waals surface area contributed by atoms with Crippen LogP contribution in [-0.4, -0.2) is 51.8 Å². The maximum absolute atomic E-state index is 9.62. The quantitative estimate of drug-likeness (QED) is 0.480. The molecule has 0 spiro atoms. The Labute approximate surface area is 186 Å². The zero-order valence-electron chi connectivity index (χ0n) is 17.8. The van der Waals surface area contributed by atoms with Gasteiger partial charge in [-0.25, -0.2) is 15.0 Å². The Morgan fingerprint density at radius 2 is 2.03 bits per heavy atom. The molecule has 0 aliphatic carbocycles. The molecule has 1 aliphatic heterocycles. The van der Waals surface area contributed by atoms with Crippen LogP contribution in [0.15, 0.2) is 61.1 Å². The molecular weight excluding hydrogens is 404 g/mol. The molecule has 1 fully saturated rings. The fraction of sp³-hybridized carbons (Fsp3) is 0.250. The normalized spacial score (nSPS) is 15.8. The first kappa shape index (κ1) is 20.1. The van der Waals surface area contributed by atoms with Crippen LogP contribution in [0, 0.1) is 5.92 Å². The standard InChI is InChI=1S/C24H24N6O2/c1-32-20-13-25-12-19-22(20)24(30-10-8-16(14-30)15-31)29-23(28-19)17-7-9-26-21(11-17)27-18-5-3-2-4-6-18/h2-7,9,11-13,16,31H,8,10,14-15H2,1H3,(H,26,27). The van der Waals surface area contributed by atoms with Crippen LogP contribution >= 0.6 is 0 Å². The Kier molecular flexibility index (Phi) is 5.51. The van der Waals surface area contributed by atoms with Gasteiger partial charge in [0.2, 0.25) is 0 Å². The second-order valence-corrected chi connectivity index (χ2v) is 7.81. The molecule has 3 aromatic heterocycles. The molecule has 1 aromatic carbocycles. The zero-order valence-corrected chi connectivity index (χ0v) is 17.8. The molecule has 2 N–H and O–H groups in total. The molecule has 162 valence electrons. The van der Waals surface area contributed by atoms with Gasteiger partial charge in [-0.15, -0.1) is 0 Å². The summed E-state index contributed by atoms with van der Waals surface area (Å²) in [5, 5.41) is 13.8. The minimum atomic E-state index is 0.171. The highest BCUT2D eigenvalue weighted by molar-refractivity contribution is 5.95. The van der Waals surface area contributed by atoms with Crippen LogP contribution in [0.1, 0.15) is 6.42 Å². The number of nitrogens with one attached hydrogen (secondary N) is 1. The monoisotopic (exact) mass is 428 g/mol. The third-order valence-corrected chi connectivity index (χ3v) is 5.68. The summed E-state index contributed by atoms with van der Waals surface area (Å²) in [4.78, 5) is 20.7. The number of para-hydroxylation sites is 1. The van der Waals surface area contributed by atoms with Crippen molar-refractivity contribution in [1.29, 1.82) is 0 Å². The summed E-state index contributed by atoms with van der Waals surface area (Å²) in [5.74, 6) is 2.98. The van der Waals surface area contributed by atoms with Crippen molar-refractivity contribution >= 4 is 28.2 Å². The number of anilines is 3. The van der Waals surface area contributed by atoms with E-state index < -0.39 is 0 Å². The second kappa shape index (κ2) is 8.76. The van der Waals surface area contributed by atoms with E-state index in [4.69, 9.17) is 14.7 Å². The Balaban J connectivity index is 1.58. The lowest BCUT2D eigenvalue weighted by Crippen LogP contribution is -2.22. The molecule has 0 bridgehead atoms. The molecule has 0 amide bonds. The number of hydrogen-bond acceptors (Lipinski definition) is 8. The van der Waals surface area contributed by atoms with Crippen LogP contribution < -0.4 is 15.0 Å². The van der Waals surface area contributed by atoms with Crippen molar-refractivity contribution in [3.8, 4) is 17.1 Å². The smallest absolute Gasteiger partial charge is 0.162 e. The molecule has 4 heterocycles. The molecule has 1 saturated heterocycles. The molecule has 0 saturated carbocycles. The Morgan fingerprint density at radius 1 is 1.16 bits per heavy atom. The summed E-state index contributed by atoms with van der Waals surface area (Å²) < 4.78 is 5.57. The highest BCUT2D eigenvalue weighted by atomic mass is 16.5. The van der Waals surface area contributed by atoms with E-state index in [0.29, 0.717) is 22.9 Å². The van der Waals surface area contributed by atoms with Crippen molar-refractivity contribution in [3.05, 3.63) is 61.1 Å². The second-order valence-electron chi connectivity index (χ2n) is 7.81. The molecule has 4 aromatic rings. The molecule has 8 heteroatoms. The van der Waals surface area contributed by atoms with Gasteiger partial charge in [0.15, 0.2) is 5.82 Å². The van der Waals surface area contributed by atoms with E-state index in [1.807, 2.05) is 42.5 Å². The van der Waals surface area contributed by atoms with E-state index in [1.54, 1.807) is 25.7 Å². The van der Waals surface area contributed by atoms with E-state index in [1.165, 1.54) is 0 Å². The van der Waals surface area contributed by atoms with Crippen molar-refractivity contribution in [2.45, 2.75) is 6.42 Å². The number of aromatic nitrogens is 4. The molecule has 32 heavy (non-hydrogen) atoms. The van der Waals surface area contributed by atoms with Crippen LogP contribution in [0.3, 0.4) is 0 Å². The number of methoxy groups -OCH3 is 1. The third-order valence-electron chi connectivity index (χ3n) is 5.68. The highest BCUT2D eigenvalue weighted by Gasteiger charge is 2.26. The average molecular weight is 428 g/mol. The number of aliphatic hydroxyl groups is 1. The van der Waals surface area contributed by atoms with Crippen LogP contribution in [0.4, 0.5) is 17.3 Å². The lowest BCUT2D eigenvalue weighted by Gasteiger charge is -2.21. The maximum Gasteiger partial charge on any atom is 0.162 e. The van der Waals surface area contributed by atoms with Crippen molar-refractivity contribution in [2.75, 3.05) is 37.0 Å². The Bertz CT molecular complexity index is 1230. The number of aliphatic hydroxyl groups excluding tert-OH is 1. The molecule has 8 nitrogen and oxygen atoms in total. The van der Waals surface area contributed by atoms with Crippen LogP contribution in [0.2, 0.25) is 0 Å². The van der Waals surface area contributed by atoms with Crippen molar-refractivity contribution in [2.24, 2.45) is 5.92 Å². The van der Waals surface area contributed by atoms with Gasteiger partial charge in [-0.05, 0) is 30.7 Å². The molecule has 1 aliphatic rings. The van der Waals surface area contributed by atoms with E-state index in [-0.39, 0.29) is 12.5 Å². The largest absolute Gasteiger partial charge is 0.494 e. The first-order chi connectivity index (χ1) is 15.7. The SMILES string of the molecule is COc1cncc2nc(-c3ccnc(Nc4ccccc4)c3)nc(N3CCC(CO)C3)c12. The van der Waals surface area contributed by atoms with Gasteiger partial charge in [-0.3, -0.25) is 4.98 Å². The lowest BCUT2D eigenvalue weighted by molar-refractivity contribution is 0.238. The van der Waals surface area contributed by atoms with Gasteiger partial charge in [0.1, 0.15) is 17.4 Å². The summed E-state index contributed by atoms with van der Waals surface area (Å²) in [6, 6.07) is 13.7. The van der Waals surface area contributed by atoms with E-state index in [2.05, 4.69) is 20.2 Å². The van der Waals surface area contributed by atoms with Gasteiger partial charge in [-0.2, -0.15) is 0 Å². The molecule has 1 atom stereocenters. The number of benzene rings is 1. The van der Waals surface area contributed by atoms with Gasteiger partial charge in [0.25, 0.3) is 0 Å². The maximum atomic E-state index is 9.62. The number of rotatable bonds is 6. The summed E-state index contributed by atoms with van der Waals surface area (Å²) in [5.41, 5.74) is 2.52. The minimum Gasteiger partial charge on any atom is -0.494 e. The number of ether oxygens (including phenoxy) is 1. The fourth-order valence-corrected chi connectivity index (χ4v) is 4.03. The topological polar surface area (TPSA) is 96.3 Å². The van der Waals surface area contributed by atoms with E-state index in [9.17, 15) is 5.11 Å². The van der Waals surface area contributed by atoms with Crippen molar-refractivity contribution < 1.29 is 9.84 Å². The van der Waals surface area contributed by atoms with E-state index in [0.717, 1.165) is 42.0 Å².